The standard InChI is InChI=1S/C19H23ClN2O5S/c1-5-6-27-18-15(20)8-13(9-17(18)26-4)19(23)22-16-10-14(28(21,24)25)7-11(2)12(16)3/h7-10H,5-6H2,1-4H3,(H,22,23)(H2,21,24,25). The molecule has 2 rings (SSSR count). The van der Waals surface area contributed by atoms with Gasteiger partial charge >= 0.3 is 0 Å². The Labute approximate surface area is 169 Å². The molecule has 7 nitrogen and oxygen atoms in total. The number of ether oxygens (including phenoxy) is 2. The lowest BCUT2D eigenvalue weighted by Crippen LogP contribution is -2.16. The van der Waals surface area contributed by atoms with Crippen LogP contribution >= 0.6 is 11.6 Å². The molecule has 2 aromatic rings. The number of hydrogen-bond donors (Lipinski definition) is 2. The summed E-state index contributed by atoms with van der Waals surface area (Å²) in [4.78, 5) is 12.7. The van der Waals surface area contributed by atoms with Crippen molar-refractivity contribution in [2.75, 3.05) is 19.0 Å². The van der Waals surface area contributed by atoms with Gasteiger partial charge in [0.2, 0.25) is 10.0 Å². The number of carbonyl (C=O) groups excluding carboxylic acids is 1. The first-order valence-electron chi connectivity index (χ1n) is 8.54. The van der Waals surface area contributed by atoms with Gasteiger partial charge in [0.25, 0.3) is 5.91 Å². The van der Waals surface area contributed by atoms with E-state index in [0.717, 1.165) is 12.0 Å². The molecule has 28 heavy (non-hydrogen) atoms. The Hall–Kier alpha value is -2.29. The zero-order valence-electron chi connectivity index (χ0n) is 16.1. The summed E-state index contributed by atoms with van der Waals surface area (Å²) in [5, 5.41) is 8.16. The highest BCUT2D eigenvalue weighted by Crippen LogP contribution is 2.37. The van der Waals surface area contributed by atoms with Crippen molar-refractivity contribution < 1.29 is 22.7 Å². The van der Waals surface area contributed by atoms with Crippen LogP contribution in [0.4, 0.5) is 5.69 Å². The average molecular weight is 427 g/mol. The molecule has 2 aromatic carbocycles. The van der Waals surface area contributed by atoms with Crippen molar-refractivity contribution in [3.05, 3.63) is 46.0 Å². The van der Waals surface area contributed by atoms with Crippen LogP contribution in [-0.4, -0.2) is 28.0 Å². The minimum absolute atomic E-state index is 0.0789. The van der Waals surface area contributed by atoms with Gasteiger partial charge in [0.15, 0.2) is 11.5 Å². The maximum atomic E-state index is 12.7. The second-order valence-corrected chi connectivity index (χ2v) is 8.22. The largest absolute Gasteiger partial charge is 0.493 e. The monoisotopic (exact) mass is 426 g/mol. The number of anilines is 1. The molecule has 9 heteroatoms. The van der Waals surface area contributed by atoms with Gasteiger partial charge in [0, 0.05) is 11.3 Å². The SMILES string of the molecule is CCCOc1c(Cl)cc(C(=O)Nc2cc(S(N)(=O)=O)cc(C)c2C)cc1OC. The Morgan fingerprint density at radius 1 is 1.21 bits per heavy atom. The fraction of sp³-hybridized carbons (Fsp3) is 0.316. The minimum Gasteiger partial charge on any atom is -0.493 e. The molecule has 0 fully saturated rings. The van der Waals surface area contributed by atoms with Crippen molar-refractivity contribution in [1.29, 1.82) is 0 Å². The molecule has 3 N–H and O–H groups in total. The van der Waals surface area contributed by atoms with E-state index in [9.17, 15) is 13.2 Å². The summed E-state index contributed by atoms with van der Waals surface area (Å²) < 4.78 is 34.2. The lowest BCUT2D eigenvalue weighted by atomic mass is 10.1. The summed E-state index contributed by atoms with van der Waals surface area (Å²) in [5.74, 6) is 0.222. The van der Waals surface area contributed by atoms with E-state index in [4.69, 9.17) is 26.2 Å². The van der Waals surface area contributed by atoms with Gasteiger partial charge in [-0.2, -0.15) is 0 Å². The van der Waals surface area contributed by atoms with Gasteiger partial charge in [-0.1, -0.05) is 18.5 Å². The number of carbonyl (C=O) groups is 1. The molecule has 152 valence electrons. The molecular weight excluding hydrogens is 404 g/mol. The highest BCUT2D eigenvalue weighted by atomic mass is 35.5. The molecule has 0 radical (unpaired) electrons. The average Bonchev–Trinajstić information content (AvgIpc) is 2.62. The summed E-state index contributed by atoms with van der Waals surface area (Å²) in [6.07, 6.45) is 0.792. The summed E-state index contributed by atoms with van der Waals surface area (Å²) in [7, 11) is -2.45. The van der Waals surface area contributed by atoms with E-state index < -0.39 is 15.9 Å². The van der Waals surface area contributed by atoms with E-state index in [0.29, 0.717) is 29.4 Å². The number of benzene rings is 2. The third kappa shape index (κ3) is 4.95. The van der Waals surface area contributed by atoms with Crippen molar-refractivity contribution in [3.63, 3.8) is 0 Å². The number of hydrogen-bond acceptors (Lipinski definition) is 5. The smallest absolute Gasteiger partial charge is 0.255 e. The van der Waals surface area contributed by atoms with Gasteiger partial charge in [-0.05, 0) is 55.7 Å². The number of amides is 1. The predicted octanol–water partition coefficient (Wildman–Crippen LogP) is 3.65. The first-order chi connectivity index (χ1) is 13.1. The number of primary sulfonamides is 1. The number of methoxy groups -OCH3 is 1. The molecule has 1 amide bonds. The molecule has 0 saturated carbocycles. The fourth-order valence-electron chi connectivity index (χ4n) is 2.51. The quantitative estimate of drug-likeness (QED) is 0.702. The van der Waals surface area contributed by atoms with Crippen molar-refractivity contribution in [1.82, 2.24) is 0 Å². The number of rotatable bonds is 7. The van der Waals surface area contributed by atoms with Crippen LogP contribution in [0, 0.1) is 13.8 Å². The number of aryl methyl sites for hydroxylation is 1. The summed E-state index contributed by atoms with van der Waals surface area (Å²) >= 11 is 6.26. The first kappa shape index (κ1) is 22.0. The van der Waals surface area contributed by atoms with E-state index in [1.165, 1.54) is 31.4 Å². The van der Waals surface area contributed by atoms with E-state index in [1.54, 1.807) is 13.8 Å². The second-order valence-electron chi connectivity index (χ2n) is 6.25. The summed E-state index contributed by atoms with van der Waals surface area (Å²) in [5.41, 5.74) is 1.99. The summed E-state index contributed by atoms with van der Waals surface area (Å²) in [6.45, 7) is 5.93. The maximum absolute atomic E-state index is 12.7. The molecule has 0 aliphatic heterocycles. The highest BCUT2D eigenvalue weighted by Gasteiger charge is 2.18. The van der Waals surface area contributed by atoms with Crippen LogP contribution in [0.2, 0.25) is 5.02 Å². The third-order valence-electron chi connectivity index (χ3n) is 4.16. The molecule has 0 aromatic heterocycles. The number of nitrogens with two attached hydrogens (primary N) is 1. The van der Waals surface area contributed by atoms with Gasteiger partial charge in [-0.3, -0.25) is 4.79 Å². The lowest BCUT2D eigenvalue weighted by Gasteiger charge is -2.15. The van der Waals surface area contributed by atoms with Gasteiger partial charge in [0.1, 0.15) is 0 Å². The highest BCUT2D eigenvalue weighted by molar-refractivity contribution is 7.89. The molecule has 0 unspecified atom stereocenters. The Balaban J connectivity index is 2.40. The fourth-order valence-corrected chi connectivity index (χ4v) is 3.40. The van der Waals surface area contributed by atoms with Crippen LogP contribution in [0.1, 0.15) is 34.8 Å². The topological polar surface area (TPSA) is 108 Å². The third-order valence-corrected chi connectivity index (χ3v) is 5.33. The Kier molecular flexibility index (Phi) is 6.92. The Morgan fingerprint density at radius 2 is 1.89 bits per heavy atom. The Morgan fingerprint density at radius 3 is 2.46 bits per heavy atom. The van der Waals surface area contributed by atoms with Crippen LogP contribution < -0.4 is 19.9 Å². The lowest BCUT2D eigenvalue weighted by molar-refractivity contribution is 0.102. The zero-order valence-corrected chi connectivity index (χ0v) is 17.7. The van der Waals surface area contributed by atoms with Crippen molar-refractivity contribution in [3.8, 4) is 11.5 Å². The van der Waals surface area contributed by atoms with Crippen LogP contribution in [0.3, 0.4) is 0 Å². The second kappa shape index (κ2) is 8.81. The van der Waals surface area contributed by atoms with Gasteiger partial charge in [0.05, 0.1) is 23.6 Å². The van der Waals surface area contributed by atoms with E-state index in [2.05, 4.69) is 5.32 Å². The first-order valence-corrected chi connectivity index (χ1v) is 10.5. The van der Waals surface area contributed by atoms with E-state index in [1.807, 2.05) is 6.92 Å². The Bertz CT molecular complexity index is 1010. The zero-order chi connectivity index (χ0) is 21.1. The molecule has 0 saturated heterocycles. The van der Waals surface area contributed by atoms with Crippen molar-refractivity contribution in [2.45, 2.75) is 32.1 Å². The normalized spacial score (nSPS) is 11.2. The molecular formula is C19H23ClN2O5S. The molecule has 0 atom stereocenters. The molecule has 0 bridgehead atoms. The predicted molar refractivity (Wildman–Crippen MR) is 109 cm³/mol. The van der Waals surface area contributed by atoms with Crippen LogP contribution in [-0.2, 0) is 10.0 Å². The van der Waals surface area contributed by atoms with Crippen LogP contribution in [0.15, 0.2) is 29.2 Å². The molecule has 0 aliphatic carbocycles. The molecule has 0 spiro atoms. The maximum Gasteiger partial charge on any atom is 0.255 e. The summed E-state index contributed by atoms with van der Waals surface area (Å²) in [6, 6.07) is 5.77. The van der Waals surface area contributed by atoms with Crippen molar-refractivity contribution in [2.24, 2.45) is 5.14 Å². The number of halogens is 1. The minimum atomic E-state index is -3.91. The van der Waals surface area contributed by atoms with E-state index >= 15 is 0 Å². The van der Waals surface area contributed by atoms with Crippen molar-refractivity contribution >= 4 is 33.2 Å². The number of sulfonamides is 1. The van der Waals surface area contributed by atoms with E-state index in [-0.39, 0.29) is 15.5 Å². The van der Waals surface area contributed by atoms with Gasteiger partial charge in [-0.15, -0.1) is 0 Å². The van der Waals surface area contributed by atoms with Gasteiger partial charge < -0.3 is 14.8 Å². The van der Waals surface area contributed by atoms with Crippen LogP contribution in [0.5, 0.6) is 11.5 Å². The number of nitrogens with one attached hydrogen (secondary N) is 1. The molecule has 0 aliphatic rings. The van der Waals surface area contributed by atoms with Gasteiger partial charge in [-0.25, -0.2) is 13.6 Å². The molecule has 0 heterocycles. The van der Waals surface area contributed by atoms with Crippen LogP contribution in [0.25, 0.3) is 0 Å².